The molecule has 0 aliphatic carbocycles. The van der Waals surface area contributed by atoms with Crippen LogP contribution in [0.3, 0.4) is 0 Å². The zero-order valence-corrected chi connectivity index (χ0v) is 12.2. The number of rotatable bonds is 2. The molecular weight excluding hydrogens is 321 g/mol. The second kappa shape index (κ2) is 5.27. The topological polar surface area (TPSA) is 60.2 Å². The van der Waals surface area contributed by atoms with Gasteiger partial charge < -0.3 is 5.73 Å². The van der Waals surface area contributed by atoms with Gasteiger partial charge in [0, 0.05) is 11.6 Å². The first kappa shape index (κ1) is 14.0. The number of halogens is 2. The van der Waals surface area contributed by atoms with Gasteiger partial charge in [0.05, 0.1) is 15.5 Å². The number of hydrogen-bond acceptors (Lipinski definition) is 3. The van der Waals surface area contributed by atoms with Crippen LogP contribution in [-0.4, -0.2) is 19.4 Å². The van der Waals surface area contributed by atoms with Crippen LogP contribution in [0.15, 0.2) is 22.7 Å². The van der Waals surface area contributed by atoms with E-state index in [1.165, 1.54) is 0 Å². The van der Waals surface area contributed by atoms with E-state index in [4.69, 9.17) is 5.73 Å². The molecule has 3 nitrogen and oxygen atoms in total. The minimum Gasteiger partial charge on any atom is -0.323 e. The zero-order valence-electron chi connectivity index (χ0n) is 9.77. The van der Waals surface area contributed by atoms with Gasteiger partial charge in [0.25, 0.3) is 0 Å². The molecule has 100 valence electrons. The molecule has 1 aliphatic heterocycles. The van der Waals surface area contributed by atoms with Gasteiger partial charge in [-0.1, -0.05) is 18.6 Å². The highest BCUT2D eigenvalue weighted by Gasteiger charge is 2.35. The fraction of sp³-hybridized carbons (Fsp3) is 0.500. The molecule has 1 aromatic carbocycles. The summed E-state index contributed by atoms with van der Waals surface area (Å²) in [7, 11) is -3.21. The van der Waals surface area contributed by atoms with E-state index in [2.05, 4.69) is 15.9 Å². The van der Waals surface area contributed by atoms with Crippen molar-refractivity contribution in [1.29, 1.82) is 0 Å². The van der Waals surface area contributed by atoms with Crippen molar-refractivity contribution in [3.05, 3.63) is 34.1 Å². The quantitative estimate of drug-likeness (QED) is 0.903. The highest BCUT2D eigenvalue weighted by molar-refractivity contribution is 9.10. The summed E-state index contributed by atoms with van der Waals surface area (Å²) in [5.74, 6) is -0.313. The van der Waals surface area contributed by atoms with E-state index in [1.807, 2.05) is 0 Å². The summed E-state index contributed by atoms with van der Waals surface area (Å²) >= 11 is 3.09. The SMILES string of the molecule is NC(c1cccc(Br)c1F)C1CCCCS1(=O)=O. The largest absolute Gasteiger partial charge is 0.323 e. The van der Waals surface area contributed by atoms with Gasteiger partial charge >= 0.3 is 0 Å². The maximum atomic E-state index is 13.9. The molecule has 0 amide bonds. The molecule has 0 aromatic heterocycles. The summed E-state index contributed by atoms with van der Waals surface area (Å²) in [4.78, 5) is 0. The summed E-state index contributed by atoms with van der Waals surface area (Å²) in [6.07, 6.45) is 2.01. The van der Waals surface area contributed by atoms with Crippen molar-refractivity contribution >= 4 is 25.8 Å². The Balaban J connectivity index is 2.36. The van der Waals surface area contributed by atoms with Crippen LogP contribution in [-0.2, 0) is 9.84 Å². The van der Waals surface area contributed by atoms with Crippen molar-refractivity contribution < 1.29 is 12.8 Å². The molecule has 2 atom stereocenters. The Kier molecular flexibility index (Phi) is 4.08. The molecule has 1 fully saturated rings. The zero-order chi connectivity index (χ0) is 13.3. The van der Waals surface area contributed by atoms with Gasteiger partial charge in [-0.2, -0.15) is 0 Å². The second-order valence-electron chi connectivity index (χ2n) is 4.57. The molecule has 2 unspecified atom stereocenters. The number of sulfone groups is 1. The van der Waals surface area contributed by atoms with Gasteiger partial charge in [0.1, 0.15) is 5.82 Å². The molecule has 0 spiro atoms. The maximum Gasteiger partial charge on any atom is 0.155 e. The van der Waals surface area contributed by atoms with Crippen LogP contribution >= 0.6 is 15.9 Å². The van der Waals surface area contributed by atoms with Crippen molar-refractivity contribution in [3.8, 4) is 0 Å². The Morgan fingerprint density at radius 3 is 2.78 bits per heavy atom. The van der Waals surface area contributed by atoms with Crippen LogP contribution in [0.2, 0.25) is 0 Å². The highest BCUT2D eigenvalue weighted by atomic mass is 79.9. The van der Waals surface area contributed by atoms with Crippen molar-refractivity contribution in [2.45, 2.75) is 30.6 Å². The fourth-order valence-electron chi connectivity index (χ4n) is 2.36. The van der Waals surface area contributed by atoms with Crippen LogP contribution in [0.4, 0.5) is 4.39 Å². The first-order chi connectivity index (χ1) is 8.43. The normalized spacial score (nSPS) is 24.7. The minimum atomic E-state index is -3.21. The van der Waals surface area contributed by atoms with E-state index in [9.17, 15) is 12.8 Å². The van der Waals surface area contributed by atoms with Crippen LogP contribution < -0.4 is 5.73 Å². The minimum absolute atomic E-state index is 0.154. The molecule has 0 bridgehead atoms. The molecular formula is C12H15BrFNO2S. The Bertz CT molecular complexity index is 547. The van der Waals surface area contributed by atoms with Gasteiger partial charge in [0.2, 0.25) is 0 Å². The highest BCUT2D eigenvalue weighted by Crippen LogP contribution is 2.32. The molecule has 0 saturated carbocycles. The Morgan fingerprint density at radius 2 is 2.11 bits per heavy atom. The molecule has 1 heterocycles. The van der Waals surface area contributed by atoms with Crippen LogP contribution in [0.1, 0.15) is 30.9 Å². The van der Waals surface area contributed by atoms with Crippen LogP contribution in [0.25, 0.3) is 0 Å². The van der Waals surface area contributed by atoms with Crippen LogP contribution in [0.5, 0.6) is 0 Å². The summed E-state index contributed by atoms with van der Waals surface area (Å²) in [5.41, 5.74) is 6.24. The molecule has 1 saturated heterocycles. The predicted molar refractivity (Wildman–Crippen MR) is 72.5 cm³/mol. The molecule has 2 rings (SSSR count). The van der Waals surface area contributed by atoms with E-state index in [0.29, 0.717) is 17.3 Å². The smallest absolute Gasteiger partial charge is 0.155 e. The monoisotopic (exact) mass is 335 g/mol. The van der Waals surface area contributed by atoms with Gasteiger partial charge in [-0.3, -0.25) is 0 Å². The second-order valence-corrected chi connectivity index (χ2v) is 7.76. The van der Waals surface area contributed by atoms with Gasteiger partial charge in [-0.05, 0) is 34.8 Å². The summed E-state index contributed by atoms with van der Waals surface area (Å²) in [6, 6.07) is 3.99. The van der Waals surface area contributed by atoms with Crippen molar-refractivity contribution in [1.82, 2.24) is 0 Å². The van der Waals surface area contributed by atoms with E-state index in [-0.39, 0.29) is 11.3 Å². The van der Waals surface area contributed by atoms with E-state index >= 15 is 0 Å². The van der Waals surface area contributed by atoms with Crippen LogP contribution in [0, 0.1) is 5.82 Å². The van der Waals surface area contributed by atoms with E-state index in [1.54, 1.807) is 18.2 Å². The van der Waals surface area contributed by atoms with Crippen molar-refractivity contribution in [2.75, 3.05) is 5.75 Å². The molecule has 1 aromatic rings. The lowest BCUT2D eigenvalue weighted by Gasteiger charge is -2.28. The lowest BCUT2D eigenvalue weighted by atomic mass is 10.00. The maximum absolute atomic E-state index is 13.9. The third-order valence-electron chi connectivity index (χ3n) is 3.37. The van der Waals surface area contributed by atoms with E-state index in [0.717, 1.165) is 6.42 Å². The predicted octanol–water partition coefficient (Wildman–Crippen LogP) is 2.56. The first-order valence-electron chi connectivity index (χ1n) is 5.84. The summed E-state index contributed by atoms with van der Waals surface area (Å²) < 4.78 is 38.2. The summed E-state index contributed by atoms with van der Waals surface area (Å²) in [5, 5.41) is -0.671. The first-order valence-corrected chi connectivity index (χ1v) is 8.35. The standard InChI is InChI=1S/C12H15BrFNO2S/c13-9-5-3-4-8(11(9)14)12(15)10-6-1-2-7-18(10,16)17/h3-5,10,12H,1-2,6-7,15H2. The van der Waals surface area contributed by atoms with Gasteiger partial charge in [0.15, 0.2) is 9.84 Å². The van der Waals surface area contributed by atoms with Crippen molar-refractivity contribution in [2.24, 2.45) is 5.73 Å². The lowest BCUT2D eigenvalue weighted by Crippen LogP contribution is -2.38. The molecule has 1 aliphatic rings. The number of hydrogen-bond donors (Lipinski definition) is 1. The molecule has 2 N–H and O–H groups in total. The summed E-state index contributed by atoms with van der Waals surface area (Å²) in [6.45, 7) is 0. The third kappa shape index (κ3) is 2.60. The van der Waals surface area contributed by atoms with Crippen molar-refractivity contribution in [3.63, 3.8) is 0 Å². The average Bonchev–Trinajstić information content (AvgIpc) is 2.31. The Hall–Kier alpha value is -0.460. The Labute approximate surface area is 115 Å². The Morgan fingerprint density at radius 1 is 1.39 bits per heavy atom. The third-order valence-corrected chi connectivity index (χ3v) is 6.29. The number of benzene rings is 1. The molecule has 0 radical (unpaired) electrons. The fourth-order valence-corrected chi connectivity index (χ4v) is 4.77. The van der Waals surface area contributed by atoms with E-state index < -0.39 is 26.9 Å². The average molecular weight is 336 g/mol. The van der Waals surface area contributed by atoms with Gasteiger partial charge in [-0.15, -0.1) is 0 Å². The lowest BCUT2D eigenvalue weighted by molar-refractivity contribution is 0.491. The molecule has 18 heavy (non-hydrogen) atoms. The van der Waals surface area contributed by atoms with Gasteiger partial charge in [-0.25, -0.2) is 12.8 Å². The molecule has 6 heteroatoms. The number of nitrogens with two attached hydrogens (primary N) is 1.